The van der Waals surface area contributed by atoms with Gasteiger partial charge in [0.2, 0.25) is 11.8 Å². The van der Waals surface area contributed by atoms with Crippen molar-refractivity contribution in [2.75, 3.05) is 4.90 Å². The number of rotatable bonds is 4. The van der Waals surface area contributed by atoms with Crippen LogP contribution in [0.3, 0.4) is 0 Å². The fourth-order valence-corrected chi connectivity index (χ4v) is 2.83. The minimum atomic E-state index is -0.693. The summed E-state index contributed by atoms with van der Waals surface area (Å²) in [7, 11) is 0. The first-order chi connectivity index (χ1) is 10.4. The lowest BCUT2D eigenvalue weighted by Gasteiger charge is -2.31. The van der Waals surface area contributed by atoms with E-state index in [1.807, 2.05) is 32.9 Å². The summed E-state index contributed by atoms with van der Waals surface area (Å²) in [5.41, 5.74) is 1.63. The highest BCUT2D eigenvalue weighted by atomic mass is 16.2. The van der Waals surface area contributed by atoms with E-state index in [1.165, 1.54) is 16.7 Å². The Morgan fingerprint density at radius 3 is 2.41 bits per heavy atom. The normalized spacial score (nSPS) is 19.5. The molecule has 0 N–H and O–H groups in total. The molecule has 2 unspecified atom stereocenters. The van der Waals surface area contributed by atoms with E-state index < -0.39 is 6.04 Å². The molecule has 0 saturated carbocycles. The first-order valence-corrected chi connectivity index (χ1v) is 7.59. The molecular weight excluding hydrogens is 280 g/mol. The number of nitrogens with zero attached hydrogens (tertiary/aromatic N) is 2. The van der Waals surface area contributed by atoms with Gasteiger partial charge in [-0.05, 0) is 32.4 Å². The van der Waals surface area contributed by atoms with Crippen molar-refractivity contribution in [3.05, 3.63) is 29.8 Å². The molecule has 0 aliphatic carbocycles. The van der Waals surface area contributed by atoms with Gasteiger partial charge in [0, 0.05) is 13.0 Å². The van der Waals surface area contributed by atoms with Crippen LogP contribution in [0.15, 0.2) is 24.3 Å². The molecule has 2 atom stereocenters. The molecule has 1 aromatic rings. The molecule has 118 valence electrons. The van der Waals surface area contributed by atoms with Gasteiger partial charge in [-0.3, -0.25) is 14.4 Å². The molecule has 5 nitrogen and oxygen atoms in total. The summed E-state index contributed by atoms with van der Waals surface area (Å²) in [5, 5.41) is 0. The second-order valence-electron chi connectivity index (χ2n) is 5.81. The van der Waals surface area contributed by atoms with Crippen LogP contribution < -0.4 is 4.90 Å². The Balaban J connectivity index is 2.31. The average molecular weight is 302 g/mol. The fraction of sp³-hybridized carbons (Fsp3) is 0.471. The Hall–Kier alpha value is -2.17. The van der Waals surface area contributed by atoms with Crippen molar-refractivity contribution in [3.8, 4) is 0 Å². The largest absolute Gasteiger partial charge is 0.328 e. The smallest absolute Gasteiger partial charge is 0.257 e. The molecule has 0 radical (unpaired) electrons. The van der Waals surface area contributed by atoms with Gasteiger partial charge in [0.1, 0.15) is 6.04 Å². The molecule has 1 aliphatic heterocycles. The Kier molecular flexibility index (Phi) is 4.64. The molecule has 1 aromatic carbocycles. The van der Waals surface area contributed by atoms with E-state index in [0.29, 0.717) is 5.69 Å². The van der Waals surface area contributed by atoms with Gasteiger partial charge in [0.25, 0.3) is 5.91 Å². The van der Waals surface area contributed by atoms with Crippen LogP contribution in [0.25, 0.3) is 0 Å². The Bertz CT molecular complexity index is 594. The van der Waals surface area contributed by atoms with Gasteiger partial charge in [0.05, 0.1) is 12.1 Å². The third-order valence-corrected chi connectivity index (χ3v) is 4.18. The predicted molar refractivity (Wildman–Crippen MR) is 84.4 cm³/mol. The molecule has 1 aliphatic rings. The minimum absolute atomic E-state index is 0.0522. The van der Waals surface area contributed by atoms with E-state index >= 15 is 0 Å². The number of aryl methyl sites for hydroxylation is 1. The van der Waals surface area contributed by atoms with Crippen molar-refractivity contribution in [2.45, 2.75) is 52.6 Å². The zero-order valence-corrected chi connectivity index (χ0v) is 13.5. The Morgan fingerprint density at radius 2 is 1.91 bits per heavy atom. The van der Waals surface area contributed by atoms with Crippen molar-refractivity contribution in [3.63, 3.8) is 0 Å². The third-order valence-electron chi connectivity index (χ3n) is 4.18. The maximum Gasteiger partial charge on any atom is 0.257 e. The molecule has 1 fully saturated rings. The van der Waals surface area contributed by atoms with Crippen molar-refractivity contribution >= 4 is 23.4 Å². The van der Waals surface area contributed by atoms with Gasteiger partial charge < -0.3 is 4.90 Å². The highest BCUT2D eigenvalue weighted by molar-refractivity contribution is 6.23. The summed E-state index contributed by atoms with van der Waals surface area (Å²) < 4.78 is 0. The number of carbonyl (C=O) groups excluding carboxylic acids is 3. The lowest BCUT2D eigenvalue weighted by molar-refractivity contribution is -0.138. The summed E-state index contributed by atoms with van der Waals surface area (Å²) in [6, 6.07) is 6.48. The maximum absolute atomic E-state index is 12.7. The topological polar surface area (TPSA) is 57.7 Å². The van der Waals surface area contributed by atoms with Crippen molar-refractivity contribution in [1.82, 2.24) is 4.90 Å². The summed E-state index contributed by atoms with van der Waals surface area (Å²) in [6.07, 6.45) is 0.790. The second-order valence-corrected chi connectivity index (χ2v) is 5.81. The highest BCUT2D eigenvalue weighted by Crippen LogP contribution is 2.27. The van der Waals surface area contributed by atoms with Crippen molar-refractivity contribution in [2.24, 2.45) is 0 Å². The number of benzene rings is 1. The maximum atomic E-state index is 12.7. The number of hydrogen-bond acceptors (Lipinski definition) is 3. The van der Waals surface area contributed by atoms with E-state index in [9.17, 15) is 14.4 Å². The van der Waals surface area contributed by atoms with Gasteiger partial charge in [-0.25, -0.2) is 4.90 Å². The van der Waals surface area contributed by atoms with E-state index in [4.69, 9.17) is 0 Å². The van der Waals surface area contributed by atoms with Gasteiger partial charge in [0.15, 0.2) is 0 Å². The van der Waals surface area contributed by atoms with Crippen LogP contribution in [0.1, 0.15) is 39.2 Å². The first kappa shape index (κ1) is 16.2. The van der Waals surface area contributed by atoms with Gasteiger partial charge in [-0.2, -0.15) is 0 Å². The zero-order chi connectivity index (χ0) is 16.4. The number of hydrogen-bond donors (Lipinski definition) is 0. The highest BCUT2D eigenvalue weighted by Gasteiger charge is 2.44. The van der Waals surface area contributed by atoms with Crippen LogP contribution in [-0.2, 0) is 14.4 Å². The van der Waals surface area contributed by atoms with E-state index in [-0.39, 0.29) is 30.2 Å². The summed E-state index contributed by atoms with van der Waals surface area (Å²) in [6.45, 7) is 7.24. The SMILES string of the molecule is CCC(C)N(C(C)=O)C1CC(=O)N(c2ccc(C)cc2)C1=O. The van der Waals surface area contributed by atoms with E-state index in [1.54, 1.807) is 12.1 Å². The lowest BCUT2D eigenvalue weighted by Crippen LogP contribution is -2.48. The molecule has 3 amide bonds. The number of imide groups is 1. The van der Waals surface area contributed by atoms with Crippen molar-refractivity contribution in [1.29, 1.82) is 0 Å². The summed E-state index contributed by atoms with van der Waals surface area (Å²) in [5.74, 6) is -0.746. The minimum Gasteiger partial charge on any atom is -0.328 e. The molecule has 22 heavy (non-hydrogen) atoms. The van der Waals surface area contributed by atoms with E-state index in [0.717, 1.165) is 12.0 Å². The second kappa shape index (κ2) is 6.30. The number of carbonyl (C=O) groups is 3. The average Bonchev–Trinajstić information content (AvgIpc) is 2.75. The van der Waals surface area contributed by atoms with Crippen molar-refractivity contribution < 1.29 is 14.4 Å². The van der Waals surface area contributed by atoms with Crippen LogP contribution in [0.4, 0.5) is 5.69 Å². The molecule has 1 saturated heterocycles. The molecule has 0 spiro atoms. The summed E-state index contributed by atoms with van der Waals surface area (Å²) >= 11 is 0. The fourth-order valence-electron chi connectivity index (χ4n) is 2.83. The van der Waals surface area contributed by atoms with Gasteiger partial charge >= 0.3 is 0 Å². The van der Waals surface area contributed by atoms with Crippen LogP contribution in [-0.4, -0.2) is 34.7 Å². The van der Waals surface area contributed by atoms with Crippen LogP contribution >= 0.6 is 0 Å². The number of amides is 3. The Morgan fingerprint density at radius 1 is 1.32 bits per heavy atom. The molecule has 5 heteroatoms. The summed E-state index contributed by atoms with van der Waals surface area (Å²) in [4.78, 5) is 39.6. The number of anilines is 1. The lowest BCUT2D eigenvalue weighted by atomic mass is 10.1. The molecular formula is C17H22N2O3. The monoisotopic (exact) mass is 302 g/mol. The zero-order valence-electron chi connectivity index (χ0n) is 13.5. The van der Waals surface area contributed by atoms with Gasteiger partial charge in [-0.15, -0.1) is 0 Å². The third kappa shape index (κ3) is 2.89. The molecule has 2 rings (SSSR count). The van der Waals surface area contributed by atoms with Crippen LogP contribution in [0.5, 0.6) is 0 Å². The standard InChI is InChI=1S/C17H22N2O3/c1-5-12(3)18(13(4)20)15-10-16(21)19(17(15)22)14-8-6-11(2)7-9-14/h6-9,12,15H,5,10H2,1-4H3. The Labute approximate surface area is 130 Å². The van der Waals surface area contributed by atoms with Gasteiger partial charge in [-0.1, -0.05) is 24.6 Å². The van der Waals surface area contributed by atoms with Crippen LogP contribution in [0, 0.1) is 6.92 Å². The molecule has 0 bridgehead atoms. The molecule has 0 aromatic heterocycles. The van der Waals surface area contributed by atoms with E-state index in [2.05, 4.69) is 0 Å². The quantitative estimate of drug-likeness (QED) is 0.802. The first-order valence-electron chi connectivity index (χ1n) is 7.59. The van der Waals surface area contributed by atoms with Crippen LogP contribution in [0.2, 0.25) is 0 Å². The molecule has 1 heterocycles. The predicted octanol–water partition coefficient (Wildman–Crippen LogP) is 2.27.